The Morgan fingerprint density at radius 1 is 0.926 bits per heavy atom. The maximum Gasteiger partial charge on any atom is 0.137 e. The summed E-state index contributed by atoms with van der Waals surface area (Å²) in [4.78, 5) is 12.1. The largest absolute Gasteiger partial charge is 0.298 e. The van der Waals surface area contributed by atoms with E-state index in [9.17, 15) is 0 Å². The van der Waals surface area contributed by atoms with Crippen molar-refractivity contribution in [2.45, 2.75) is 32.2 Å². The summed E-state index contributed by atoms with van der Waals surface area (Å²) in [6.07, 6.45) is 1.82. The van der Waals surface area contributed by atoms with Crippen LogP contribution in [0.4, 0.5) is 0 Å². The van der Waals surface area contributed by atoms with Crippen LogP contribution in [0.25, 0.3) is 0 Å². The third-order valence-electron chi connectivity index (χ3n) is 5.34. The highest BCUT2D eigenvalue weighted by Gasteiger charge is 2.21. The Labute approximate surface area is 166 Å². The van der Waals surface area contributed by atoms with E-state index >= 15 is 0 Å². The second kappa shape index (κ2) is 8.20. The molecule has 2 aromatic carbocycles. The number of rotatable bonds is 4. The van der Waals surface area contributed by atoms with E-state index in [-0.39, 0.29) is 5.92 Å². The van der Waals surface area contributed by atoms with Gasteiger partial charge in [-0.3, -0.25) is 4.90 Å². The first-order chi connectivity index (χ1) is 13.2. The lowest BCUT2D eigenvalue weighted by Gasteiger charge is -2.19. The van der Waals surface area contributed by atoms with Crippen molar-refractivity contribution in [1.82, 2.24) is 14.9 Å². The second-order valence-electron chi connectivity index (χ2n) is 7.19. The van der Waals surface area contributed by atoms with Crippen LogP contribution >= 0.6 is 11.6 Å². The molecule has 2 heterocycles. The molecule has 3 nitrogen and oxygen atoms in total. The van der Waals surface area contributed by atoms with Crippen molar-refractivity contribution >= 4 is 11.6 Å². The molecule has 1 aromatic heterocycles. The molecule has 138 valence electrons. The van der Waals surface area contributed by atoms with Crippen molar-refractivity contribution in [3.05, 3.63) is 94.0 Å². The lowest BCUT2D eigenvalue weighted by Crippen LogP contribution is -2.25. The Bertz CT molecular complexity index is 896. The molecule has 0 spiro atoms. The summed E-state index contributed by atoms with van der Waals surface area (Å²) in [5.41, 5.74) is 4.80. The van der Waals surface area contributed by atoms with Gasteiger partial charge in [0.05, 0.1) is 5.69 Å². The number of halogens is 1. The zero-order chi connectivity index (χ0) is 18.6. The molecule has 0 radical (unpaired) electrons. The Morgan fingerprint density at radius 2 is 1.59 bits per heavy atom. The fraction of sp³-hybridized carbons (Fsp3) is 0.304. The third kappa shape index (κ3) is 4.20. The molecule has 0 N–H and O–H groups in total. The molecule has 0 amide bonds. The van der Waals surface area contributed by atoms with Crippen molar-refractivity contribution in [1.29, 1.82) is 0 Å². The predicted octanol–water partition coefficient (Wildman–Crippen LogP) is 4.88. The molecule has 3 aromatic rings. The van der Waals surface area contributed by atoms with Gasteiger partial charge >= 0.3 is 0 Å². The van der Waals surface area contributed by atoms with Crippen LogP contribution in [0, 0.1) is 0 Å². The van der Waals surface area contributed by atoms with Gasteiger partial charge in [0.25, 0.3) is 0 Å². The van der Waals surface area contributed by atoms with E-state index in [4.69, 9.17) is 16.6 Å². The minimum atomic E-state index is 0.137. The van der Waals surface area contributed by atoms with Gasteiger partial charge in [-0.2, -0.15) is 0 Å². The second-order valence-corrected chi connectivity index (χ2v) is 7.55. The molecule has 0 saturated heterocycles. The van der Waals surface area contributed by atoms with Gasteiger partial charge < -0.3 is 0 Å². The summed E-state index contributed by atoms with van der Waals surface area (Å²) in [6.45, 7) is 5.09. The Hall–Kier alpha value is -2.23. The van der Waals surface area contributed by atoms with Crippen molar-refractivity contribution in [3.8, 4) is 0 Å². The number of nitrogens with zero attached hydrogens (tertiary/aromatic N) is 3. The minimum absolute atomic E-state index is 0.137. The molecule has 1 atom stereocenters. The summed E-state index contributed by atoms with van der Waals surface area (Å²) in [7, 11) is 0. The third-order valence-corrected chi connectivity index (χ3v) is 5.65. The van der Waals surface area contributed by atoms with Gasteiger partial charge in [0.1, 0.15) is 11.0 Å². The highest BCUT2D eigenvalue weighted by Crippen LogP contribution is 2.27. The molecule has 1 unspecified atom stereocenters. The number of benzene rings is 2. The van der Waals surface area contributed by atoms with E-state index < -0.39 is 0 Å². The maximum atomic E-state index is 6.59. The van der Waals surface area contributed by atoms with Gasteiger partial charge in [0.2, 0.25) is 0 Å². The molecule has 27 heavy (non-hydrogen) atoms. The standard InChI is InChI=1S/C23H24ClN3/c1-17(19-10-6-3-7-11-19)23-25-21-13-15-27(14-12-20(21)22(24)26-23)16-18-8-4-2-5-9-18/h2-11,17H,12-16H2,1H3. The molecule has 4 rings (SSSR count). The predicted molar refractivity (Wildman–Crippen MR) is 110 cm³/mol. The van der Waals surface area contributed by atoms with Gasteiger partial charge in [-0.1, -0.05) is 79.2 Å². The lowest BCUT2D eigenvalue weighted by atomic mass is 10.00. The first-order valence-electron chi connectivity index (χ1n) is 9.57. The Kier molecular flexibility index (Phi) is 5.51. The Morgan fingerprint density at radius 3 is 2.33 bits per heavy atom. The van der Waals surface area contributed by atoms with E-state index in [1.54, 1.807) is 0 Å². The van der Waals surface area contributed by atoms with Crippen molar-refractivity contribution in [2.75, 3.05) is 13.1 Å². The van der Waals surface area contributed by atoms with Gasteiger partial charge in [-0.05, 0) is 17.5 Å². The number of hydrogen-bond donors (Lipinski definition) is 0. The lowest BCUT2D eigenvalue weighted by molar-refractivity contribution is 0.279. The van der Waals surface area contributed by atoms with Crippen LogP contribution in [-0.4, -0.2) is 28.0 Å². The van der Waals surface area contributed by atoms with E-state index in [1.165, 1.54) is 11.1 Å². The molecule has 0 saturated carbocycles. The minimum Gasteiger partial charge on any atom is -0.298 e. The topological polar surface area (TPSA) is 29.0 Å². The zero-order valence-electron chi connectivity index (χ0n) is 15.6. The summed E-state index contributed by atoms with van der Waals surface area (Å²) < 4.78 is 0. The summed E-state index contributed by atoms with van der Waals surface area (Å²) in [6, 6.07) is 21.0. The Balaban J connectivity index is 1.54. The van der Waals surface area contributed by atoms with Gasteiger partial charge in [0.15, 0.2) is 0 Å². The molecular weight excluding hydrogens is 354 g/mol. The SMILES string of the molecule is CC(c1ccccc1)c1nc(Cl)c2c(n1)CCN(Cc1ccccc1)CC2. The smallest absolute Gasteiger partial charge is 0.137 e. The molecular formula is C23H24ClN3. The molecule has 4 heteroatoms. The van der Waals surface area contributed by atoms with Gasteiger partial charge in [-0.25, -0.2) is 9.97 Å². The van der Waals surface area contributed by atoms with Crippen LogP contribution in [-0.2, 0) is 19.4 Å². The van der Waals surface area contributed by atoms with Crippen LogP contribution in [0.2, 0.25) is 5.15 Å². The number of aromatic nitrogens is 2. The highest BCUT2D eigenvalue weighted by atomic mass is 35.5. The fourth-order valence-electron chi connectivity index (χ4n) is 3.70. The summed E-state index contributed by atoms with van der Waals surface area (Å²) in [5, 5.41) is 0.624. The highest BCUT2D eigenvalue weighted by molar-refractivity contribution is 6.30. The van der Waals surface area contributed by atoms with Crippen LogP contribution in [0.3, 0.4) is 0 Å². The van der Waals surface area contributed by atoms with Crippen molar-refractivity contribution in [3.63, 3.8) is 0 Å². The van der Waals surface area contributed by atoms with Crippen molar-refractivity contribution < 1.29 is 0 Å². The van der Waals surface area contributed by atoms with Gasteiger partial charge in [0, 0.05) is 37.5 Å². The molecule has 1 aliphatic heterocycles. The number of hydrogen-bond acceptors (Lipinski definition) is 3. The van der Waals surface area contributed by atoms with Crippen LogP contribution < -0.4 is 0 Å². The summed E-state index contributed by atoms with van der Waals surface area (Å²) in [5.74, 6) is 0.958. The molecule has 1 aliphatic rings. The first-order valence-corrected chi connectivity index (χ1v) is 9.95. The van der Waals surface area contributed by atoms with E-state index in [0.29, 0.717) is 5.15 Å². The van der Waals surface area contributed by atoms with Crippen LogP contribution in [0.5, 0.6) is 0 Å². The van der Waals surface area contributed by atoms with Crippen LogP contribution in [0.1, 0.15) is 41.1 Å². The maximum absolute atomic E-state index is 6.59. The number of fused-ring (bicyclic) bond motifs is 1. The zero-order valence-corrected chi connectivity index (χ0v) is 16.4. The van der Waals surface area contributed by atoms with E-state index in [2.05, 4.69) is 71.4 Å². The van der Waals surface area contributed by atoms with Gasteiger partial charge in [-0.15, -0.1) is 0 Å². The average molecular weight is 378 g/mol. The normalized spacial score (nSPS) is 15.8. The summed E-state index contributed by atoms with van der Waals surface area (Å²) >= 11 is 6.59. The molecule has 0 aliphatic carbocycles. The van der Waals surface area contributed by atoms with Crippen LogP contribution in [0.15, 0.2) is 60.7 Å². The average Bonchev–Trinajstić information content (AvgIpc) is 2.92. The monoisotopic (exact) mass is 377 g/mol. The van der Waals surface area contributed by atoms with Crippen molar-refractivity contribution in [2.24, 2.45) is 0 Å². The quantitative estimate of drug-likeness (QED) is 0.606. The van der Waals surface area contributed by atoms with E-state index in [1.807, 2.05) is 6.07 Å². The molecule has 0 bridgehead atoms. The molecule has 0 fully saturated rings. The fourth-order valence-corrected chi connectivity index (χ4v) is 3.99. The first kappa shape index (κ1) is 18.1. The van der Waals surface area contributed by atoms with E-state index in [0.717, 1.165) is 49.6 Å².